The highest BCUT2D eigenvalue weighted by atomic mass is 32.2. The Morgan fingerprint density at radius 3 is 2.33 bits per heavy atom. The molecular formula is C22H26N5O5S+. The van der Waals surface area contributed by atoms with Crippen molar-refractivity contribution in [3.8, 4) is 11.5 Å². The summed E-state index contributed by atoms with van der Waals surface area (Å²) in [4.78, 5) is 10.7. The standard InChI is InChI=1S/C22H25N5O5S/c28-33(29,16-5-6-19-20(15-16)32-14-13-31-19)26-22-21(23-7-8-27-9-11-30-12-10-27)24-17-3-1-2-4-18(17)25-22/h1-6,15H,7-14H2,(H,23,24)(H,25,26)/p+1. The van der Waals surface area contributed by atoms with Crippen LogP contribution in [0, 0.1) is 0 Å². The van der Waals surface area contributed by atoms with Gasteiger partial charge in [0.15, 0.2) is 23.1 Å². The van der Waals surface area contributed by atoms with E-state index in [0.29, 0.717) is 48.1 Å². The minimum Gasteiger partial charge on any atom is -0.486 e. The second kappa shape index (κ2) is 9.38. The minimum atomic E-state index is -3.93. The van der Waals surface area contributed by atoms with E-state index in [1.165, 1.54) is 17.0 Å². The third kappa shape index (κ3) is 4.95. The van der Waals surface area contributed by atoms with Gasteiger partial charge in [-0.15, -0.1) is 0 Å². The molecule has 2 aliphatic rings. The molecule has 0 aliphatic carbocycles. The topological polar surface area (TPSA) is 116 Å². The lowest BCUT2D eigenvalue weighted by molar-refractivity contribution is -0.906. The van der Waals surface area contributed by atoms with E-state index < -0.39 is 10.0 Å². The number of quaternary nitrogens is 1. The van der Waals surface area contributed by atoms with Gasteiger partial charge >= 0.3 is 0 Å². The van der Waals surface area contributed by atoms with Gasteiger partial charge in [0.1, 0.15) is 26.3 Å². The van der Waals surface area contributed by atoms with Crippen molar-refractivity contribution >= 4 is 32.7 Å². The van der Waals surface area contributed by atoms with Crippen molar-refractivity contribution < 1.29 is 27.5 Å². The number of para-hydroxylation sites is 2. The number of rotatable bonds is 7. The Hall–Kier alpha value is -3.15. The molecule has 5 rings (SSSR count). The van der Waals surface area contributed by atoms with Crippen molar-refractivity contribution in [1.82, 2.24) is 9.97 Å². The number of hydrogen-bond donors (Lipinski definition) is 3. The summed E-state index contributed by atoms with van der Waals surface area (Å²) in [6.45, 7) is 5.72. The smallest absolute Gasteiger partial charge is 0.263 e. The normalized spacial score (nSPS) is 16.5. The Morgan fingerprint density at radius 1 is 0.879 bits per heavy atom. The third-order valence-electron chi connectivity index (χ3n) is 5.60. The first kappa shape index (κ1) is 21.7. The summed E-state index contributed by atoms with van der Waals surface area (Å²) in [5, 5.41) is 3.27. The van der Waals surface area contributed by atoms with Gasteiger partial charge in [-0.3, -0.25) is 4.72 Å². The van der Waals surface area contributed by atoms with Crippen LogP contribution in [0.15, 0.2) is 47.4 Å². The highest BCUT2D eigenvalue weighted by Crippen LogP contribution is 2.33. The average Bonchev–Trinajstić information content (AvgIpc) is 2.84. The first-order valence-electron chi connectivity index (χ1n) is 10.9. The summed E-state index contributed by atoms with van der Waals surface area (Å²) in [6, 6.07) is 11.9. The molecule has 11 heteroatoms. The Kier molecular flexibility index (Phi) is 6.16. The van der Waals surface area contributed by atoms with Gasteiger partial charge in [-0.1, -0.05) is 12.1 Å². The zero-order chi connectivity index (χ0) is 22.7. The van der Waals surface area contributed by atoms with Crippen LogP contribution >= 0.6 is 0 Å². The molecule has 0 saturated carbocycles. The van der Waals surface area contributed by atoms with Crippen molar-refractivity contribution in [2.24, 2.45) is 0 Å². The number of aromatic nitrogens is 2. The molecule has 174 valence electrons. The van der Waals surface area contributed by atoms with Crippen LogP contribution in [0.4, 0.5) is 11.6 Å². The fraction of sp³-hybridized carbons (Fsp3) is 0.364. The zero-order valence-corrected chi connectivity index (χ0v) is 18.9. The number of fused-ring (bicyclic) bond motifs is 2. The van der Waals surface area contributed by atoms with E-state index in [0.717, 1.165) is 32.8 Å². The molecule has 3 heterocycles. The monoisotopic (exact) mass is 472 g/mol. The van der Waals surface area contributed by atoms with Crippen molar-refractivity contribution in [2.45, 2.75) is 4.90 Å². The van der Waals surface area contributed by atoms with Crippen molar-refractivity contribution in [3.63, 3.8) is 0 Å². The number of morpholine rings is 1. The van der Waals surface area contributed by atoms with Crippen LogP contribution in [0.5, 0.6) is 11.5 Å². The molecule has 0 amide bonds. The van der Waals surface area contributed by atoms with E-state index in [2.05, 4.69) is 20.0 Å². The first-order valence-corrected chi connectivity index (χ1v) is 12.4. The van der Waals surface area contributed by atoms with Gasteiger partial charge < -0.3 is 24.4 Å². The van der Waals surface area contributed by atoms with Gasteiger partial charge in [-0.2, -0.15) is 0 Å². The Bertz CT molecular complexity index is 1250. The molecule has 3 aromatic rings. The maximum absolute atomic E-state index is 13.2. The largest absolute Gasteiger partial charge is 0.486 e. The minimum absolute atomic E-state index is 0.0606. The number of hydrogen-bond acceptors (Lipinski definition) is 8. The second-order valence-electron chi connectivity index (χ2n) is 7.86. The molecule has 10 nitrogen and oxygen atoms in total. The van der Waals surface area contributed by atoms with Crippen LogP contribution in [0.1, 0.15) is 0 Å². The van der Waals surface area contributed by atoms with E-state index >= 15 is 0 Å². The number of nitrogens with one attached hydrogen (secondary N) is 3. The Labute approximate surface area is 191 Å². The number of ether oxygens (including phenoxy) is 3. The lowest BCUT2D eigenvalue weighted by atomic mass is 10.3. The predicted molar refractivity (Wildman–Crippen MR) is 123 cm³/mol. The first-order chi connectivity index (χ1) is 16.1. The lowest BCUT2D eigenvalue weighted by Gasteiger charge is -2.24. The molecule has 2 aliphatic heterocycles. The summed E-state index contributed by atoms with van der Waals surface area (Å²) >= 11 is 0. The zero-order valence-electron chi connectivity index (χ0n) is 18.0. The van der Waals surface area contributed by atoms with Crippen LogP contribution in [-0.2, 0) is 14.8 Å². The van der Waals surface area contributed by atoms with Crippen LogP contribution in [0.2, 0.25) is 0 Å². The summed E-state index contributed by atoms with van der Waals surface area (Å²) < 4.78 is 45.4. The maximum Gasteiger partial charge on any atom is 0.263 e. The Morgan fingerprint density at radius 2 is 1.58 bits per heavy atom. The van der Waals surface area contributed by atoms with Crippen molar-refractivity contribution in [2.75, 3.05) is 62.6 Å². The molecule has 1 saturated heterocycles. The lowest BCUT2D eigenvalue weighted by Crippen LogP contribution is -3.14. The number of nitrogens with zero attached hydrogens (tertiary/aromatic N) is 2. The van der Waals surface area contributed by atoms with Crippen LogP contribution in [0.25, 0.3) is 11.0 Å². The molecule has 0 radical (unpaired) electrons. The number of anilines is 2. The molecule has 0 atom stereocenters. The quantitative estimate of drug-likeness (QED) is 0.456. The number of sulfonamides is 1. The average molecular weight is 473 g/mol. The van der Waals surface area contributed by atoms with E-state index in [1.54, 1.807) is 12.1 Å². The SMILES string of the molecule is O=S(=O)(Nc1nc2ccccc2nc1NCC[NH+]1CCOCC1)c1ccc2c(c1)OCCO2. The third-order valence-corrected chi connectivity index (χ3v) is 6.93. The summed E-state index contributed by atoms with van der Waals surface area (Å²) in [5.41, 5.74) is 1.28. The predicted octanol–water partition coefficient (Wildman–Crippen LogP) is 0.529. The molecule has 2 aromatic carbocycles. The second-order valence-corrected chi connectivity index (χ2v) is 9.54. The van der Waals surface area contributed by atoms with E-state index in [1.807, 2.05) is 18.2 Å². The molecule has 0 bridgehead atoms. The van der Waals surface area contributed by atoms with Crippen LogP contribution < -0.4 is 24.4 Å². The highest BCUT2D eigenvalue weighted by molar-refractivity contribution is 7.92. The van der Waals surface area contributed by atoms with Crippen molar-refractivity contribution in [3.05, 3.63) is 42.5 Å². The maximum atomic E-state index is 13.2. The fourth-order valence-corrected chi connectivity index (χ4v) is 4.86. The molecular weight excluding hydrogens is 446 g/mol. The molecule has 33 heavy (non-hydrogen) atoms. The van der Waals surface area contributed by atoms with E-state index in [4.69, 9.17) is 14.2 Å². The summed E-state index contributed by atoms with van der Waals surface area (Å²) in [5.74, 6) is 1.47. The summed E-state index contributed by atoms with van der Waals surface area (Å²) in [7, 11) is -3.93. The summed E-state index contributed by atoms with van der Waals surface area (Å²) in [6.07, 6.45) is 0. The molecule has 1 fully saturated rings. The van der Waals surface area contributed by atoms with Gasteiger partial charge in [0.05, 0.1) is 42.2 Å². The van der Waals surface area contributed by atoms with E-state index in [-0.39, 0.29) is 10.7 Å². The van der Waals surface area contributed by atoms with Crippen LogP contribution in [0.3, 0.4) is 0 Å². The van der Waals surface area contributed by atoms with Crippen molar-refractivity contribution in [1.29, 1.82) is 0 Å². The Balaban J connectivity index is 1.40. The fourth-order valence-electron chi connectivity index (χ4n) is 3.84. The van der Waals surface area contributed by atoms with Gasteiger partial charge in [0.2, 0.25) is 0 Å². The molecule has 0 spiro atoms. The highest BCUT2D eigenvalue weighted by Gasteiger charge is 2.22. The van der Waals surface area contributed by atoms with E-state index in [9.17, 15) is 8.42 Å². The molecule has 3 N–H and O–H groups in total. The van der Waals surface area contributed by atoms with Gasteiger partial charge in [-0.25, -0.2) is 18.4 Å². The van der Waals surface area contributed by atoms with Gasteiger partial charge in [0, 0.05) is 6.07 Å². The molecule has 1 aromatic heterocycles. The molecule has 0 unspecified atom stereocenters. The van der Waals surface area contributed by atoms with Crippen LogP contribution in [-0.4, -0.2) is 71.0 Å². The van der Waals surface area contributed by atoms with Gasteiger partial charge in [0.25, 0.3) is 10.0 Å². The van der Waals surface area contributed by atoms with Gasteiger partial charge in [-0.05, 0) is 24.3 Å². The number of benzene rings is 2.